The number of nitrogens with zero attached hydrogens (tertiary/aromatic N) is 6. The molecular weight excluding hydrogens is 621 g/mol. The van der Waals surface area contributed by atoms with E-state index in [1.165, 1.54) is 0 Å². The van der Waals surface area contributed by atoms with Crippen molar-refractivity contribution in [1.29, 1.82) is 0 Å². The van der Waals surface area contributed by atoms with Crippen LogP contribution in [0.2, 0.25) is 0 Å². The number of urea groups is 1. The van der Waals surface area contributed by atoms with Crippen molar-refractivity contribution in [2.24, 2.45) is 0 Å². The first kappa shape index (κ1) is 30.8. The van der Waals surface area contributed by atoms with Crippen molar-refractivity contribution < 1.29 is 19.0 Å². The minimum absolute atomic E-state index is 0.00836. The lowest BCUT2D eigenvalue weighted by Gasteiger charge is -2.42. The number of hydrogen-bond donors (Lipinski definition) is 2. The number of amides is 2. The Morgan fingerprint density at radius 3 is 2.49 bits per heavy atom. The Morgan fingerprint density at radius 2 is 1.73 bits per heavy atom. The summed E-state index contributed by atoms with van der Waals surface area (Å²) >= 11 is 0. The Bertz CT molecular complexity index is 1910. The molecule has 5 fully saturated rings. The lowest BCUT2D eigenvalue weighted by atomic mass is 9.95. The van der Waals surface area contributed by atoms with E-state index in [2.05, 4.69) is 32.0 Å². The number of piperazine rings is 1. The molecule has 0 radical (unpaired) electrons. The SMILES string of the molecule is CN1CC[C@@H](NC(=O)N2[C@@H]3CC[C@H]2CN(c2nc(OCC45CCCN4CCC5)nc4c(F)c(-c5cc(O)cc6ccccc56)ccc24)C3)C1. The second kappa shape index (κ2) is 12.0. The van der Waals surface area contributed by atoms with Crippen molar-refractivity contribution in [1.82, 2.24) is 30.0 Å². The van der Waals surface area contributed by atoms with E-state index in [4.69, 9.17) is 14.7 Å². The molecule has 3 aromatic carbocycles. The standard InChI is InChI=1S/C38H44FN7O3/c1-43-17-12-25(20-43)40-37(48)46-26-8-9-27(46)22-44(21-26)35-31-11-10-30(32-19-28(47)18-24-6-2-3-7-29(24)32)33(39)34(31)41-36(42-35)49-23-38-13-4-15-45(38)16-5-14-38/h2-3,6-7,10-11,18-19,25-27,47H,4-5,8-9,12-17,20-23H2,1H3,(H,40,48)/t25-,26-,27+/m1/s1. The molecule has 3 atom stereocenters. The predicted octanol–water partition coefficient (Wildman–Crippen LogP) is 5.37. The van der Waals surface area contributed by atoms with E-state index >= 15 is 4.39 Å². The Hall–Kier alpha value is -4.22. The number of aromatic nitrogens is 2. The van der Waals surface area contributed by atoms with Crippen LogP contribution in [-0.2, 0) is 0 Å². The summed E-state index contributed by atoms with van der Waals surface area (Å²) in [6.07, 6.45) is 7.29. The number of likely N-dealkylation sites (N-methyl/N-ethyl adjacent to an activating group) is 1. The van der Waals surface area contributed by atoms with E-state index in [1.54, 1.807) is 18.2 Å². The normalized spacial score (nSPS) is 25.1. The summed E-state index contributed by atoms with van der Waals surface area (Å²) in [5, 5.41) is 16.2. The van der Waals surface area contributed by atoms with Gasteiger partial charge in [-0.25, -0.2) is 9.18 Å². The quantitative estimate of drug-likeness (QED) is 0.284. The number of benzene rings is 3. The molecule has 2 bridgehead atoms. The predicted molar refractivity (Wildman–Crippen MR) is 188 cm³/mol. The number of aromatic hydroxyl groups is 1. The molecule has 0 saturated carbocycles. The number of fused-ring (bicyclic) bond motifs is 5. The van der Waals surface area contributed by atoms with Crippen molar-refractivity contribution in [3.8, 4) is 22.9 Å². The summed E-state index contributed by atoms with van der Waals surface area (Å²) in [5.74, 6) is 0.258. The molecular formula is C38H44FN7O3. The van der Waals surface area contributed by atoms with Gasteiger partial charge in [0.2, 0.25) is 0 Å². The van der Waals surface area contributed by atoms with E-state index in [0.717, 1.165) is 81.9 Å². The van der Waals surface area contributed by atoms with Gasteiger partial charge in [-0.3, -0.25) is 4.90 Å². The summed E-state index contributed by atoms with van der Waals surface area (Å²) in [7, 11) is 2.09. The van der Waals surface area contributed by atoms with Crippen LogP contribution in [0.15, 0.2) is 48.5 Å². The Labute approximate surface area is 285 Å². The molecule has 9 rings (SSSR count). The Balaban J connectivity index is 1.08. The van der Waals surface area contributed by atoms with Crippen LogP contribution in [0.1, 0.15) is 44.9 Å². The largest absolute Gasteiger partial charge is 0.508 e. The van der Waals surface area contributed by atoms with Gasteiger partial charge in [0.25, 0.3) is 0 Å². The molecule has 0 unspecified atom stereocenters. The van der Waals surface area contributed by atoms with Gasteiger partial charge in [-0.05, 0) is 106 Å². The third kappa shape index (κ3) is 5.33. The first-order valence-electron chi connectivity index (χ1n) is 18.0. The fourth-order valence-corrected chi connectivity index (χ4v) is 9.53. The van der Waals surface area contributed by atoms with Crippen molar-refractivity contribution >= 4 is 33.5 Å². The van der Waals surface area contributed by atoms with E-state index in [9.17, 15) is 9.90 Å². The van der Waals surface area contributed by atoms with Crippen LogP contribution < -0.4 is 15.0 Å². The molecule has 1 aromatic heterocycles. The number of phenolic OH excluding ortho intramolecular Hbond substituents is 1. The number of hydrogen-bond acceptors (Lipinski definition) is 8. The minimum atomic E-state index is -0.467. The number of carbonyl (C=O) groups is 1. The zero-order chi connectivity index (χ0) is 33.3. The monoisotopic (exact) mass is 665 g/mol. The van der Waals surface area contributed by atoms with Gasteiger partial charge < -0.3 is 29.9 Å². The topological polar surface area (TPSA) is 97.3 Å². The summed E-state index contributed by atoms with van der Waals surface area (Å²) < 4.78 is 23.4. The van der Waals surface area contributed by atoms with Gasteiger partial charge in [0, 0.05) is 36.6 Å². The molecule has 4 aromatic rings. The number of halogens is 1. The summed E-state index contributed by atoms with van der Waals surface area (Å²) in [6, 6.07) is 15.1. The minimum Gasteiger partial charge on any atom is -0.508 e. The second-order valence-electron chi connectivity index (χ2n) is 15.0. The molecule has 0 aliphatic carbocycles. The Kier molecular flexibility index (Phi) is 7.53. The highest BCUT2D eigenvalue weighted by atomic mass is 19.1. The number of ether oxygens (including phenoxy) is 1. The number of rotatable bonds is 6. The van der Waals surface area contributed by atoms with Crippen LogP contribution in [0.3, 0.4) is 0 Å². The molecule has 49 heavy (non-hydrogen) atoms. The highest BCUT2D eigenvalue weighted by Gasteiger charge is 2.46. The number of anilines is 1. The lowest BCUT2D eigenvalue weighted by molar-refractivity contribution is 0.107. The number of carbonyl (C=O) groups excluding carboxylic acids is 1. The first-order valence-corrected chi connectivity index (χ1v) is 18.0. The fourth-order valence-electron chi connectivity index (χ4n) is 9.53. The van der Waals surface area contributed by atoms with Gasteiger partial charge in [0.15, 0.2) is 5.82 Å². The van der Waals surface area contributed by atoms with Gasteiger partial charge in [0.05, 0.1) is 17.6 Å². The van der Waals surface area contributed by atoms with Crippen LogP contribution in [0.4, 0.5) is 15.0 Å². The maximum atomic E-state index is 16.9. The van der Waals surface area contributed by atoms with Gasteiger partial charge in [-0.2, -0.15) is 9.97 Å². The van der Waals surface area contributed by atoms with Crippen LogP contribution in [0, 0.1) is 5.82 Å². The van der Waals surface area contributed by atoms with Gasteiger partial charge in [0.1, 0.15) is 23.7 Å². The molecule has 0 spiro atoms. The maximum absolute atomic E-state index is 16.9. The van der Waals surface area contributed by atoms with Crippen molar-refractivity contribution in [3.63, 3.8) is 0 Å². The number of phenols is 1. The number of nitrogens with one attached hydrogen (secondary N) is 1. The fraction of sp³-hybridized carbons (Fsp3) is 0.500. The highest BCUT2D eigenvalue weighted by molar-refractivity contribution is 6.01. The molecule has 10 nitrogen and oxygen atoms in total. The summed E-state index contributed by atoms with van der Waals surface area (Å²) in [5.41, 5.74) is 1.17. The van der Waals surface area contributed by atoms with Crippen molar-refractivity contribution in [2.75, 3.05) is 57.8 Å². The van der Waals surface area contributed by atoms with Crippen LogP contribution in [-0.4, -0.2) is 112 Å². The average Bonchev–Trinajstić information content (AvgIpc) is 3.86. The zero-order valence-electron chi connectivity index (χ0n) is 28.1. The molecule has 2 N–H and O–H groups in total. The first-order chi connectivity index (χ1) is 23.8. The van der Waals surface area contributed by atoms with Gasteiger partial charge in [-0.1, -0.05) is 30.3 Å². The molecule has 256 valence electrons. The van der Waals surface area contributed by atoms with E-state index in [-0.39, 0.29) is 47.0 Å². The highest BCUT2D eigenvalue weighted by Crippen LogP contribution is 2.42. The zero-order valence-corrected chi connectivity index (χ0v) is 28.1. The van der Waals surface area contributed by atoms with Crippen LogP contribution in [0.5, 0.6) is 11.8 Å². The third-order valence-electron chi connectivity index (χ3n) is 11.9. The van der Waals surface area contributed by atoms with E-state index in [0.29, 0.717) is 42.0 Å². The Morgan fingerprint density at radius 1 is 0.959 bits per heavy atom. The molecule has 5 aliphatic heterocycles. The van der Waals surface area contributed by atoms with Crippen molar-refractivity contribution in [2.45, 2.75) is 68.6 Å². The molecule has 2 amide bonds. The molecule has 5 aliphatic rings. The lowest BCUT2D eigenvalue weighted by Crippen LogP contribution is -2.59. The average molecular weight is 666 g/mol. The van der Waals surface area contributed by atoms with E-state index < -0.39 is 5.82 Å². The van der Waals surface area contributed by atoms with Gasteiger partial charge in [-0.15, -0.1) is 0 Å². The van der Waals surface area contributed by atoms with Crippen LogP contribution >= 0.6 is 0 Å². The van der Waals surface area contributed by atoms with E-state index in [1.807, 2.05) is 30.3 Å². The molecule has 5 saturated heterocycles. The molecule has 6 heterocycles. The summed E-state index contributed by atoms with van der Waals surface area (Å²) in [6.45, 7) is 5.74. The second-order valence-corrected chi connectivity index (χ2v) is 15.0. The van der Waals surface area contributed by atoms with Crippen LogP contribution in [0.25, 0.3) is 32.8 Å². The smallest absolute Gasteiger partial charge is 0.319 e. The van der Waals surface area contributed by atoms with Gasteiger partial charge >= 0.3 is 12.0 Å². The van der Waals surface area contributed by atoms with Crippen molar-refractivity contribution in [3.05, 3.63) is 54.3 Å². The number of likely N-dealkylation sites (tertiary alicyclic amines) is 1. The maximum Gasteiger partial charge on any atom is 0.319 e. The molecule has 11 heteroatoms. The third-order valence-corrected chi connectivity index (χ3v) is 11.9. The summed E-state index contributed by atoms with van der Waals surface area (Å²) in [4.78, 5) is 32.3.